The van der Waals surface area contributed by atoms with Crippen molar-refractivity contribution in [2.45, 2.75) is 58.6 Å². The molecule has 1 saturated carbocycles. The number of aryl methyl sites for hydroxylation is 1. The monoisotopic (exact) mass is 540 g/mol. The molecule has 2 aromatic rings. The first kappa shape index (κ1) is 31.6. The summed E-state index contributed by atoms with van der Waals surface area (Å²) in [7, 11) is 0. The van der Waals surface area contributed by atoms with Gasteiger partial charge in [-0.05, 0) is 83.0 Å². The molecule has 0 saturated heterocycles. The van der Waals surface area contributed by atoms with Crippen molar-refractivity contribution in [2.75, 3.05) is 0 Å². The predicted molar refractivity (Wildman–Crippen MR) is 153 cm³/mol. The Hall–Kier alpha value is -3.40. The average molecular weight is 542 g/mol. The fourth-order valence-corrected chi connectivity index (χ4v) is 3.47. The molecule has 8 heteroatoms. The van der Waals surface area contributed by atoms with Crippen LogP contribution in [0.15, 0.2) is 77.6 Å². The molecule has 0 atom stereocenters. The summed E-state index contributed by atoms with van der Waals surface area (Å²) in [6.45, 7) is 15.7. The summed E-state index contributed by atoms with van der Waals surface area (Å²) >= 11 is 11.1. The second kappa shape index (κ2) is 17.1. The van der Waals surface area contributed by atoms with E-state index in [4.69, 9.17) is 33.2 Å². The Balaban J connectivity index is 0.000000525. The Kier molecular flexibility index (Phi) is 14.6. The van der Waals surface area contributed by atoms with Gasteiger partial charge in [-0.15, -0.1) is 0 Å². The van der Waals surface area contributed by atoms with Crippen molar-refractivity contribution in [2.24, 2.45) is 4.99 Å². The van der Waals surface area contributed by atoms with Crippen molar-refractivity contribution < 1.29 is 9.53 Å². The van der Waals surface area contributed by atoms with Crippen LogP contribution in [0.1, 0.15) is 61.1 Å². The Labute approximate surface area is 230 Å². The van der Waals surface area contributed by atoms with E-state index in [1.165, 1.54) is 0 Å². The lowest BCUT2D eigenvalue weighted by Crippen LogP contribution is -2.40. The molecule has 1 heterocycles. The molecular formula is C29H34Cl2N4O2. The first-order chi connectivity index (χ1) is 17.6. The van der Waals surface area contributed by atoms with Gasteiger partial charge < -0.3 is 10.1 Å². The number of halogens is 2. The number of hydrogen-bond acceptors (Lipinski definition) is 5. The molecule has 0 radical (unpaired) electrons. The van der Waals surface area contributed by atoms with E-state index in [1.54, 1.807) is 49.5 Å². The second-order valence-corrected chi connectivity index (χ2v) is 9.47. The van der Waals surface area contributed by atoms with Gasteiger partial charge in [0.05, 0.1) is 16.7 Å². The number of nitrogens with one attached hydrogen (secondary N) is 1. The Morgan fingerprint density at radius 2 is 1.89 bits per heavy atom. The number of nitrogens with zero attached hydrogens (tertiary/aromatic N) is 3. The van der Waals surface area contributed by atoms with Crippen molar-refractivity contribution in [1.29, 1.82) is 5.26 Å². The first-order valence-corrected chi connectivity index (χ1v) is 12.5. The Bertz CT molecular complexity index is 1130. The van der Waals surface area contributed by atoms with Gasteiger partial charge in [0.1, 0.15) is 17.5 Å². The normalized spacial score (nSPS) is 16.4. The lowest BCUT2D eigenvalue weighted by Gasteiger charge is -2.29. The van der Waals surface area contributed by atoms with Crippen LogP contribution in [-0.2, 0) is 0 Å². The minimum atomic E-state index is -0.131. The van der Waals surface area contributed by atoms with E-state index in [2.05, 4.69) is 35.2 Å². The fraction of sp³-hybridized carbons (Fsp3) is 0.310. The van der Waals surface area contributed by atoms with Crippen LogP contribution in [0.4, 0.5) is 0 Å². The molecule has 1 aliphatic carbocycles. The van der Waals surface area contributed by atoms with Gasteiger partial charge >= 0.3 is 0 Å². The number of benzene rings is 1. The number of amides is 1. The fourth-order valence-electron chi connectivity index (χ4n) is 3.26. The van der Waals surface area contributed by atoms with Gasteiger partial charge in [0.2, 0.25) is 0 Å². The van der Waals surface area contributed by atoms with E-state index in [0.29, 0.717) is 27.1 Å². The SMILES string of the molecule is C=C(C)Cl.C=C/C=C(/C)N=C.Cc1ccc(C(=O)NC2CCC(Oc3ccc(C#N)c(Cl)c3)CC2)nc1. The van der Waals surface area contributed by atoms with E-state index < -0.39 is 0 Å². The lowest BCUT2D eigenvalue weighted by atomic mass is 9.92. The minimum absolute atomic E-state index is 0.0876. The molecule has 3 rings (SSSR count). The van der Waals surface area contributed by atoms with Crippen LogP contribution in [0.25, 0.3) is 0 Å². The Morgan fingerprint density at radius 1 is 1.24 bits per heavy atom. The Morgan fingerprint density at radius 3 is 2.35 bits per heavy atom. The number of carbonyl (C=O) groups excluding carboxylic acids is 1. The summed E-state index contributed by atoms with van der Waals surface area (Å²) in [5.74, 6) is 0.540. The number of rotatable bonds is 6. The van der Waals surface area contributed by atoms with Crippen LogP contribution in [0.2, 0.25) is 5.02 Å². The number of nitriles is 1. The van der Waals surface area contributed by atoms with Crippen molar-refractivity contribution >= 4 is 35.8 Å². The zero-order chi connectivity index (χ0) is 27.8. The highest BCUT2D eigenvalue weighted by Gasteiger charge is 2.24. The molecule has 37 heavy (non-hydrogen) atoms. The molecule has 1 aromatic heterocycles. The molecule has 1 aliphatic rings. The highest BCUT2D eigenvalue weighted by molar-refractivity contribution is 6.31. The number of pyridine rings is 1. The second-order valence-electron chi connectivity index (χ2n) is 8.42. The van der Waals surface area contributed by atoms with E-state index in [-0.39, 0.29) is 18.1 Å². The molecule has 1 amide bonds. The summed E-state index contributed by atoms with van der Waals surface area (Å²) < 4.78 is 5.97. The standard InChI is InChI=1S/C20H20ClN3O2.C6H9N.C3H5Cl/c1-13-2-9-19(23-12-13)20(25)24-15-4-7-16(8-5-15)26-17-6-3-14(11-22)18(21)10-17;1-4-5-6(2)7-3;1-3(2)4/h2-3,6,9-10,12,15-16H,4-5,7-8H2,1H3,(H,24,25);4-5H,1,3H2,2H3;1H2,2H3/b;6-5-;. The van der Waals surface area contributed by atoms with Crippen molar-refractivity contribution in [1.82, 2.24) is 10.3 Å². The zero-order valence-corrected chi connectivity index (χ0v) is 23.1. The van der Waals surface area contributed by atoms with Gasteiger partial charge in [0, 0.05) is 29.0 Å². The van der Waals surface area contributed by atoms with Crippen LogP contribution >= 0.6 is 23.2 Å². The van der Waals surface area contributed by atoms with Crippen LogP contribution in [-0.4, -0.2) is 29.8 Å². The average Bonchev–Trinajstić information content (AvgIpc) is 2.86. The minimum Gasteiger partial charge on any atom is -0.490 e. The van der Waals surface area contributed by atoms with Gasteiger partial charge in [-0.25, -0.2) is 0 Å². The summed E-state index contributed by atoms with van der Waals surface area (Å²) in [6, 6.07) is 10.9. The van der Waals surface area contributed by atoms with E-state index >= 15 is 0 Å². The van der Waals surface area contributed by atoms with Crippen LogP contribution in [0.3, 0.4) is 0 Å². The third-order valence-corrected chi connectivity index (χ3v) is 5.44. The first-order valence-electron chi connectivity index (χ1n) is 11.8. The molecule has 0 unspecified atom stereocenters. The summed E-state index contributed by atoms with van der Waals surface area (Å²) in [5, 5.41) is 13.0. The number of aromatic nitrogens is 1. The van der Waals surface area contributed by atoms with E-state index in [9.17, 15) is 4.79 Å². The third kappa shape index (κ3) is 12.9. The van der Waals surface area contributed by atoms with Crippen molar-refractivity contribution in [3.8, 4) is 11.8 Å². The zero-order valence-electron chi connectivity index (χ0n) is 21.6. The van der Waals surface area contributed by atoms with Gasteiger partial charge in [0.15, 0.2) is 0 Å². The molecular weight excluding hydrogens is 507 g/mol. The molecule has 1 fully saturated rings. The number of ether oxygens (including phenoxy) is 1. The largest absolute Gasteiger partial charge is 0.490 e. The summed E-state index contributed by atoms with van der Waals surface area (Å²) in [6.07, 6.45) is 8.68. The quantitative estimate of drug-likeness (QED) is 0.302. The molecule has 1 N–H and O–H groups in total. The number of hydrogen-bond donors (Lipinski definition) is 1. The van der Waals surface area contributed by atoms with E-state index in [0.717, 1.165) is 36.9 Å². The number of aliphatic imine (C=N–C) groups is 1. The predicted octanol–water partition coefficient (Wildman–Crippen LogP) is 7.57. The smallest absolute Gasteiger partial charge is 0.270 e. The number of allylic oxidation sites excluding steroid dienone is 4. The van der Waals surface area contributed by atoms with E-state index in [1.807, 2.05) is 26.0 Å². The van der Waals surface area contributed by atoms with Crippen molar-refractivity contribution in [3.05, 3.63) is 94.4 Å². The van der Waals surface area contributed by atoms with Gasteiger partial charge in [-0.2, -0.15) is 5.26 Å². The highest BCUT2D eigenvalue weighted by Crippen LogP contribution is 2.27. The number of carbonyl (C=O) groups is 1. The van der Waals surface area contributed by atoms with Gasteiger partial charge in [-0.1, -0.05) is 48.5 Å². The summed E-state index contributed by atoms with van der Waals surface area (Å²) in [4.78, 5) is 20.0. The molecule has 196 valence electrons. The van der Waals surface area contributed by atoms with Crippen LogP contribution in [0.5, 0.6) is 5.75 Å². The maximum atomic E-state index is 12.2. The van der Waals surface area contributed by atoms with Crippen LogP contribution < -0.4 is 10.1 Å². The molecule has 1 aromatic carbocycles. The van der Waals surface area contributed by atoms with Crippen LogP contribution in [0, 0.1) is 18.3 Å². The maximum absolute atomic E-state index is 12.2. The van der Waals surface area contributed by atoms with Gasteiger partial charge in [-0.3, -0.25) is 14.8 Å². The molecule has 0 spiro atoms. The summed E-state index contributed by atoms with van der Waals surface area (Å²) in [5.41, 5.74) is 2.81. The maximum Gasteiger partial charge on any atom is 0.270 e. The topological polar surface area (TPSA) is 87.4 Å². The van der Waals surface area contributed by atoms with Gasteiger partial charge in [0.25, 0.3) is 5.91 Å². The third-order valence-electron chi connectivity index (χ3n) is 5.13. The van der Waals surface area contributed by atoms with Crippen molar-refractivity contribution in [3.63, 3.8) is 0 Å². The highest BCUT2D eigenvalue weighted by atomic mass is 35.5. The molecule has 0 bridgehead atoms. The lowest BCUT2D eigenvalue weighted by molar-refractivity contribution is 0.0889. The molecule has 6 nitrogen and oxygen atoms in total. The molecule has 0 aliphatic heterocycles.